The number of aliphatic imine (C=N–C) groups is 2. The molecule has 0 radical (unpaired) electrons. The minimum Gasteiger partial charge on any atom is -0.382 e. The van der Waals surface area contributed by atoms with Gasteiger partial charge in [0.1, 0.15) is 12.2 Å². The number of ether oxygens (including phenoxy) is 1. The lowest BCUT2D eigenvalue weighted by Gasteiger charge is -2.25. The molecule has 2 aromatic carbocycles. The summed E-state index contributed by atoms with van der Waals surface area (Å²) in [6, 6.07) is 18.1. The number of nitrogens with two attached hydrogens (primary N) is 1. The van der Waals surface area contributed by atoms with E-state index in [0.717, 1.165) is 35.1 Å². The summed E-state index contributed by atoms with van der Waals surface area (Å²) in [4.78, 5) is 26.5. The van der Waals surface area contributed by atoms with Gasteiger partial charge in [0.2, 0.25) is 0 Å². The Kier molecular flexibility index (Phi) is 7.01. The molecule has 1 fully saturated rings. The van der Waals surface area contributed by atoms with Gasteiger partial charge in [-0.15, -0.1) is 0 Å². The second-order valence-corrected chi connectivity index (χ2v) is 8.76. The molecule has 2 aromatic heterocycles. The van der Waals surface area contributed by atoms with Crippen molar-refractivity contribution in [3.63, 3.8) is 0 Å². The number of aromatic amines is 1. The predicted molar refractivity (Wildman–Crippen MR) is 142 cm³/mol. The number of carbonyl (C=O) groups is 1. The molecule has 9 heteroatoms. The highest BCUT2D eigenvalue weighted by Gasteiger charge is 2.21. The fraction of sp³-hybridized carbons (Fsp3) is 0.259. The molecule has 0 aliphatic carbocycles. The number of Topliss-reactive ketones (excluding diaryl/α,β-unsaturated/α-hetero) is 1. The Balaban J connectivity index is 1.47. The first-order valence-corrected chi connectivity index (χ1v) is 11.9. The highest BCUT2D eigenvalue weighted by Crippen LogP contribution is 2.28. The van der Waals surface area contributed by atoms with Crippen LogP contribution in [-0.4, -0.2) is 77.5 Å². The summed E-state index contributed by atoms with van der Waals surface area (Å²) < 4.78 is 7.33. The van der Waals surface area contributed by atoms with Crippen LogP contribution in [0.3, 0.4) is 0 Å². The number of ketones is 1. The molecule has 3 heterocycles. The number of amidine groups is 1. The number of hydrogen-bond donors (Lipinski definition) is 2. The van der Waals surface area contributed by atoms with Crippen LogP contribution in [0.25, 0.3) is 22.0 Å². The number of benzene rings is 2. The highest BCUT2D eigenvalue weighted by atomic mass is 16.5. The second-order valence-electron chi connectivity index (χ2n) is 8.76. The van der Waals surface area contributed by atoms with Crippen molar-refractivity contribution >= 4 is 28.9 Å². The maximum Gasteiger partial charge on any atom is 0.192 e. The van der Waals surface area contributed by atoms with Gasteiger partial charge in [0, 0.05) is 37.3 Å². The van der Waals surface area contributed by atoms with E-state index in [0.29, 0.717) is 37.7 Å². The molecule has 0 bridgehead atoms. The van der Waals surface area contributed by atoms with Gasteiger partial charge in [-0.1, -0.05) is 42.5 Å². The van der Waals surface area contributed by atoms with E-state index in [9.17, 15) is 4.79 Å². The molecule has 36 heavy (non-hydrogen) atoms. The molecule has 1 saturated heterocycles. The Bertz CT molecular complexity index is 1410. The molecule has 0 atom stereocenters. The first-order chi connectivity index (χ1) is 17.6. The number of carbonyl (C=O) groups excluding carboxylic acids is 1. The smallest absolute Gasteiger partial charge is 0.192 e. The molecule has 0 amide bonds. The van der Waals surface area contributed by atoms with E-state index in [4.69, 9.17) is 15.6 Å². The van der Waals surface area contributed by atoms with E-state index < -0.39 is 0 Å². The summed E-state index contributed by atoms with van der Waals surface area (Å²) in [5.41, 5.74) is 11.1. The van der Waals surface area contributed by atoms with Gasteiger partial charge in [-0.2, -0.15) is 5.10 Å². The van der Waals surface area contributed by atoms with Crippen molar-refractivity contribution in [2.45, 2.75) is 6.54 Å². The molecule has 9 nitrogen and oxygen atoms in total. The topological polar surface area (TPSA) is 114 Å². The summed E-state index contributed by atoms with van der Waals surface area (Å²) in [6.45, 7) is 3.77. The zero-order chi connectivity index (χ0) is 24.9. The number of aromatic nitrogens is 3. The summed E-state index contributed by atoms with van der Waals surface area (Å²) in [6.07, 6.45) is 3.43. The van der Waals surface area contributed by atoms with E-state index in [1.165, 1.54) is 11.9 Å². The molecule has 1 aliphatic heterocycles. The van der Waals surface area contributed by atoms with E-state index in [1.807, 2.05) is 53.3 Å². The van der Waals surface area contributed by atoms with Crippen molar-refractivity contribution in [2.24, 2.45) is 15.7 Å². The third kappa shape index (κ3) is 5.27. The normalized spacial score (nSPS) is 15.2. The standard InChI is InChI=1S/C27H29N7O2/c1-29-18-30-27(28)26-22(14-24(31-26)25(35)17-33-9-11-36-12-10-33)20-7-8-21-16-34(32-23(21)13-20)15-19-5-3-2-4-6-19/h2-8,13-14,16,18,31H,9-12,15,17H2,1H3,(H2,28,29,30). The highest BCUT2D eigenvalue weighted by molar-refractivity contribution is 6.08. The average Bonchev–Trinajstić information content (AvgIpc) is 3.52. The predicted octanol–water partition coefficient (Wildman–Crippen LogP) is 2.96. The number of hydrogen-bond acceptors (Lipinski definition) is 5. The van der Waals surface area contributed by atoms with Gasteiger partial charge in [-0.05, 0) is 23.3 Å². The Morgan fingerprint density at radius 2 is 1.97 bits per heavy atom. The average molecular weight is 484 g/mol. The minimum absolute atomic E-state index is 0.00502. The molecule has 184 valence electrons. The van der Waals surface area contributed by atoms with Crippen LogP contribution in [0, 0.1) is 0 Å². The SMILES string of the molecule is CN=CN=C(N)c1[nH]c(C(=O)CN2CCOCC2)cc1-c1ccc2cn(Cc3ccccc3)nc2c1. The van der Waals surface area contributed by atoms with Crippen molar-refractivity contribution in [2.75, 3.05) is 39.9 Å². The van der Waals surface area contributed by atoms with E-state index >= 15 is 0 Å². The quantitative estimate of drug-likeness (QED) is 0.227. The molecule has 0 saturated carbocycles. The maximum atomic E-state index is 13.1. The Labute approximate surface area is 209 Å². The minimum atomic E-state index is -0.00502. The van der Waals surface area contributed by atoms with Crippen LogP contribution in [0.15, 0.2) is 70.8 Å². The lowest BCUT2D eigenvalue weighted by molar-refractivity contribution is 0.0370. The number of morpholine rings is 1. The molecular weight excluding hydrogens is 454 g/mol. The molecule has 0 spiro atoms. The Hall–Kier alpha value is -4.08. The summed E-state index contributed by atoms with van der Waals surface area (Å²) in [7, 11) is 1.63. The van der Waals surface area contributed by atoms with Gasteiger partial charge in [-0.3, -0.25) is 19.4 Å². The van der Waals surface area contributed by atoms with Gasteiger partial charge in [0.15, 0.2) is 5.78 Å². The summed E-state index contributed by atoms with van der Waals surface area (Å²) >= 11 is 0. The molecular formula is C27H29N7O2. The van der Waals surface area contributed by atoms with Crippen LogP contribution in [0.1, 0.15) is 21.7 Å². The second kappa shape index (κ2) is 10.7. The van der Waals surface area contributed by atoms with Crippen molar-refractivity contribution < 1.29 is 9.53 Å². The number of H-pyrrole nitrogens is 1. The van der Waals surface area contributed by atoms with E-state index in [2.05, 4.69) is 32.0 Å². The van der Waals surface area contributed by atoms with Crippen LogP contribution in [0.4, 0.5) is 0 Å². The zero-order valence-electron chi connectivity index (χ0n) is 20.2. The Morgan fingerprint density at radius 1 is 1.17 bits per heavy atom. The lowest BCUT2D eigenvalue weighted by Crippen LogP contribution is -2.39. The Morgan fingerprint density at radius 3 is 2.75 bits per heavy atom. The van der Waals surface area contributed by atoms with Gasteiger partial charge < -0.3 is 15.5 Å². The van der Waals surface area contributed by atoms with Crippen molar-refractivity contribution in [1.82, 2.24) is 19.7 Å². The largest absolute Gasteiger partial charge is 0.382 e. The fourth-order valence-electron chi connectivity index (χ4n) is 4.35. The molecule has 1 aliphatic rings. The third-order valence-electron chi connectivity index (χ3n) is 6.21. The van der Waals surface area contributed by atoms with Gasteiger partial charge >= 0.3 is 0 Å². The van der Waals surface area contributed by atoms with Crippen molar-refractivity contribution in [3.05, 3.63) is 77.7 Å². The fourth-order valence-corrected chi connectivity index (χ4v) is 4.35. The van der Waals surface area contributed by atoms with Crippen LogP contribution in [0.5, 0.6) is 0 Å². The molecule has 3 N–H and O–H groups in total. The van der Waals surface area contributed by atoms with Gasteiger partial charge in [0.05, 0.1) is 43.2 Å². The number of fused-ring (bicyclic) bond motifs is 1. The van der Waals surface area contributed by atoms with Crippen molar-refractivity contribution in [3.8, 4) is 11.1 Å². The van der Waals surface area contributed by atoms with E-state index in [-0.39, 0.29) is 11.6 Å². The summed E-state index contributed by atoms with van der Waals surface area (Å²) in [5.74, 6) is 0.255. The van der Waals surface area contributed by atoms with Gasteiger partial charge in [-0.25, -0.2) is 4.99 Å². The number of nitrogens with zero attached hydrogens (tertiary/aromatic N) is 5. The first kappa shape index (κ1) is 23.7. The monoisotopic (exact) mass is 483 g/mol. The molecule has 0 unspecified atom stereocenters. The van der Waals surface area contributed by atoms with Crippen LogP contribution >= 0.6 is 0 Å². The molecule has 5 rings (SSSR count). The van der Waals surface area contributed by atoms with E-state index in [1.54, 1.807) is 7.05 Å². The third-order valence-corrected chi connectivity index (χ3v) is 6.21. The van der Waals surface area contributed by atoms with Crippen LogP contribution < -0.4 is 5.73 Å². The number of nitrogens with one attached hydrogen (secondary N) is 1. The zero-order valence-corrected chi connectivity index (χ0v) is 20.2. The maximum absolute atomic E-state index is 13.1. The van der Waals surface area contributed by atoms with Crippen LogP contribution in [-0.2, 0) is 11.3 Å². The molecule has 4 aromatic rings. The van der Waals surface area contributed by atoms with Crippen LogP contribution in [0.2, 0.25) is 0 Å². The van der Waals surface area contributed by atoms with Gasteiger partial charge in [0.25, 0.3) is 0 Å². The van der Waals surface area contributed by atoms with Crippen molar-refractivity contribution in [1.29, 1.82) is 0 Å². The summed E-state index contributed by atoms with van der Waals surface area (Å²) in [5, 5.41) is 5.81. The number of rotatable bonds is 8. The first-order valence-electron chi connectivity index (χ1n) is 11.9. The lowest BCUT2D eigenvalue weighted by atomic mass is 10.0.